The van der Waals surface area contributed by atoms with E-state index in [9.17, 15) is 14.4 Å². The Kier molecular flexibility index (Phi) is 2.79. The average molecular weight is 288 g/mol. The molecule has 1 aliphatic carbocycles. The monoisotopic (exact) mass is 288 g/mol. The zero-order valence-electron chi connectivity index (χ0n) is 11.8. The van der Waals surface area contributed by atoms with E-state index in [1.807, 2.05) is 0 Å². The second-order valence-electron chi connectivity index (χ2n) is 6.30. The molecule has 1 unspecified atom stereocenters. The van der Waals surface area contributed by atoms with Crippen molar-refractivity contribution in [1.82, 2.24) is 9.55 Å². The molecule has 6 heteroatoms. The zero-order valence-corrected chi connectivity index (χ0v) is 11.8. The summed E-state index contributed by atoms with van der Waals surface area (Å²) in [5.74, 6) is -0.710. The van der Waals surface area contributed by atoms with Gasteiger partial charge in [-0.15, -0.1) is 0 Å². The smallest absolute Gasteiger partial charge is 0.335 e. The van der Waals surface area contributed by atoms with E-state index in [1.54, 1.807) is 6.07 Å². The number of hydrogen-bond acceptors (Lipinski definition) is 3. The fraction of sp³-hybridized carbons (Fsp3) is 0.400. The van der Waals surface area contributed by atoms with Gasteiger partial charge in [-0.1, -0.05) is 13.8 Å². The molecule has 1 fully saturated rings. The number of nitrogens with one attached hydrogen (secondary N) is 1. The molecule has 1 aromatic carbocycles. The topological polar surface area (TPSA) is 92.2 Å². The summed E-state index contributed by atoms with van der Waals surface area (Å²) in [5, 5.41) is 9.00. The standard InChI is InChI=1S/C15H16N2O4/c1-15(2)6-9(15)7-17-11-4-3-8(14(20)21)5-10(11)16-12(18)13(17)19/h3-5,9H,6-7H2,1-2H3,(H,16,18)(H,20,21). The van der Waals surface area contributed by atoms with Crippen molar-refractivity contribution in [3.05, 3.63) is 44.5 Å². The van der Waals surface area contributed by atoms with Crippen molar-refractivity contribution in [3.8, 4) is 0 Å². The van der Waals surface area contributed by atoms with Gasteiger partial charge in [0.1, 0.15) is 0 Å². The number of carbonyl (C=O) groups is 1. The molecule has 110 valence electrons. The fourth-order valence-electron chi connectivity index (χ4n) is 2.70. The van der Waals surface area contributed by atoms with Gasteiger partial charge in [-0.3, -0.25) is 9.59 Å². The fourth-order valence-corrected chi connectivity index (χ4v) is 2.70. The van der Waals surface area contributed by atoms with E-state index in [4.69, 9.17) is 5.11 Å². The summed E-state index contributed by atoms with van der Waals surface area (Å²) in [6.07, 6.45) is 1.01. The van der Waals surface area contributed by atoms with E-state index in [0.717, 1.165) is 6.42 Å². The van der Waals surface area contributed by atoms with Crippen LogP contribution >= 0.6 is 0 Å². The minimum absolute atomic E-state index is 0.0788. The van der Waals surface area contributed by atoms with Gasteiger partial charge in [-0.05, 0) is 36.0 Å². The summed E-state index contributed by atoms with van der Waals surface area (Å²) in [7, 11) is 0. The van der Waals surface area contributed by atoms with Gasteiger partial charge in [0.2, 0.25) is 0 Å². The lowest BCUT2D eigenvalue weighted by Gasteiger charge is -2.11. The highest BCUT2D eigenvalue weighted by atomic mass is 16.4. The maximum Gasteiger partial charge on any atom is 0.335 e. The summed E-state index contributed by atoms with van der Waals surface area (Å²) in [4.78, 5) is 37.3. The minimum Gasteiger partial charge on any atom is -0.478 e. The molecule has 2 N–H and O–H groups in total. The Labute approximate surface area is 120 Å². The van der Waals surface area contributed by atoms with Crippen LogP contribution in [0.25, 0.3) is 11.0 Å². The predicted molar refractivity (Wildman–Crippen MR) is 77.7 cm³/mol. The third-order valence-electron chi connectivity index (χ3n) is 4.34. The number of aromatic nitrogens is 2. The lowest BCUT2D eigenvalue weighted by molar-refractivity contribution is 0.0697. The van der Waals surface area contributed by atoms with E-state index in [1.165, 1.54) is 16.7 Å². The molecule has 0 saturated heterocycles. The van der Waals surface area contributed by atoms with Crippen LogP contribution in [0.3, 0.4) is 0 Å². The molecule has 6 nitrogen and oxygen atoms in total. The van der Waals surface area contributed by atoms with Gasteiger partial charge in [-0.25, -0.2) is 4.79 Å². The maximum atomic E-state index is 12.1. The molecule has 2 aromatic rings. The van der Waals surface area contributed by atoms with Crippen LogP contribution < -0.4 is 11.1 Å². The summed E-state index contributed by atoms with van der Waals surface area (Å²) in [5.41, 5.74) is -0.104. The van der Waals surface area contributed by atoms with E-state index in [-0.39, 0.29) is 11.0 Å². The Morgan fingerprint density at radius 2 is 2.10 bits per heavy atom. The van der Waals surface area contributed by atoms with Gasteiger partial charge < -0.3 is 14.7 Å². The molecule has 0 radical (unpaired) electrons. The minimum atomic E-state index is -1.07. The predicted octanol–water partition coefficient (Wildman–Crippen LogP) is 1.43. The van der Waals surface area contributed by atoms with E-state index in [2.05, 4.69) is 18.8 Å². The van der Waals surface area contributed by atoms with E-state index >= 15 is 0 Å². The van der Waals surface area contributed by atoms with Crippen LogP contribution in [0, 0.1) is 11.3 Å². The highest BCUT2D eigenvalue weighted by Crippen LogP contribution is 2.52. The SMILES string of the molecule is CC1(C)CC1Cn1c(=O)c(=O)[nH]c2cc(C(=O)O)ccc21. The van der Waals surface area contributed by atoms with Crippen LogP contribution in [0.1, 0.15) is 30.6 Å². The first kappa shape index (κ1) is 13.6. The van der Waals surface area contributed by atoms with Crippen molar-refractivity contribution >= 4 is 17.0 Å². The first-order chi connectivity index (χ1) is 9.79. The van der Waals surface area contributed by atoms with Crippen molar-refractivity contribution in [2.75, 3.05) is 0 Å². The summed E-state index contributed by atoms with van der Waals surface area (Å²) >= 11 is 0. The molecule has 0 bridgehead atoms. The number of H-pyrrole nitrogens is 1. The molecule has 1 aliphatic rings. The Hall–Kier alpha value is -2.37. The van der Waals surface area contributed by atoms with Crippen LogP contribution in [-0.2, 0) is 6.54 Å². The van der Waals surface area contributed by atoms with Gasteiger partial charge in [0.25, 0.3) is 0 Å². The van der Waals surface area contributed by atoms with Gasteiger partial charge in [0, 0.05) is 6.54 Å². The largest absolute Gasteiger partial charge is 0.478 e. The first-order valence-corrected chi connectivity index (χ1v) is 6.80. The molecule has 1 heterocycles. The van der Waals surface area contributed by atoms with Crippen LogP contribution in [0.2, 0.25) is 0 Å². The summed E-state index contributed by atoms with van der Waals surface area (Å²) < 4.78 is 1.46. The van der Waals surface area contributed by atoms with Crippen LogP contribution in [0.15, 0.2) is 27.8 Å². The normalized spacial score (nSPS) is 19.6. The van der Waals surface area contributed by atoms with Crippen molar-refractivity contribution in [1.29, 1.82) is 0 Å². The molecular formula is C15H16N2O4. The molecule has 3 rings (SSSR count). The van der Waals surface area contributed by atoms with Gasteiger partial charge in [-0.2, -0.15) is 0 Å². The molecule has 0 amide bonds. The number of carboxylic acids is 1. The number of hydrogen-bond donors (Lipinski definition) is 2. The second-order valence-corrected chi connectivity index (χ2v) is 6.30. The van der Waals surface area contributed by atoms with Gasteiger partial charge >= 0.3 is 17.1 Å². The molecule has 21 heavy (non-hydrogen) atoms. The summed E-state index contributed by atoms with van der Waals surface area (Å²) in [6.45, 7) is 4.74. The lowest BCUT2D eigenvalue weighted by Crippen LogP contribution is -2.37. The number of nitrogens with zero attached hydrogens (tertiary/aromatic N) is 1. The molecular weight excluding hydrogens is 272 g/mol. The number of carboxylic acid groups (broad SMARTS) is 1. The van der Waals surface area contributed by atoms with Crippen molar-refractivity contribution in [3.63, 3.8) is 0 Å². The molecule has 0 aliphatic heterocycles. The zero-order chi connectivity index (χ0) is 15.4. The first-order valence-electron chi connectivity index (χ1n) is 6.80. The maximum absolute atomic E-state index is 12.1. The third kappa shape index (κ3) is 2.26. The number of fused-ring (bicyclic) bond motifs is 1. The average Bonchev–Trinajstić information content (AvgIpc) is 3.01. The van der Waals surface area contributed by atoms with E-state index in [0.29, 0.717) is 23.5 Å². The third-order valence-corrected chi connectivity index (χ3v) is 4.34. The highest BCUT2D eigenvalue weighted by molar-refractivity contribution is 5.92. The Bertz CT molecular complexity index is 860. The number of aromatic carboxylic acids is 1. The molecule has 1 aromatic heterocycles. The van der Waals surface area contributed by atoms with E-state index < -0.39 is 17.1 Å². The van der Waals surface area contributed by atoms with Gasteiger partial charge in [0.05, 0.1) is 16.6 Å². The Morgan fingerprint density at radius 3 is 2.67 bits per heavy atom. The van der Waals surface area contributed by atoms with Crippen LogP contribution in [0.4, 0.5) is 0 Å². The van der Waals surface area contributed by atoms with Gasteiger partial charge in [0.15, 0.2) is 0 Å². The lowest BCUT2D eigenvalue weighted by atomic mass is 10.1. The molecule has 1 atom stereocenters. The van der Waals surface area contributed by atoms with Crippen LogP contribution in [-0.4, -0.2) is 20.6 Å². The van der Waals surface area contributed by atoms with Crippen molar-refractivity contribution in [2.45, 2.75) is 26.8 Å². The van der Waals surface area contributed by atoms with Crippen LogP contribution in [0.5, 0.6) is 0 Å². The van der Waals surface area contributed by atoms with Crippen molar-refractivity contribution < 1.29 is 9.90 Å². The number of aromatic amines is 1. The number of rotatable bonds is 3. The van der Waals surface area contributed by atoms with Crippen molar-refractivity contribution in [2.24, 2.45) is 11.3 Å². The highest BCUT2D eigenvalue weighted by Gasteiger charge is 2.45. The second kappa shape index (κ2) is 4.31. The number of benzene rings is 1. The molecule has 0 spiro atoms. The molecule has 1 saturated carbocycles. The Balaban J connectivity index is 2.18. The Morgan fingerprint density at radius 1 is 1.43 bits per heavy atom. The quantitative estimate of drug-likeness (QED) is 0.836. The summed E-state index contributed by atoms with van der Waals surface area (Å²) in [6, 6.07) is 4.40.